The smallest absolute Gasteiger partial charge is 0.337 e. The first-order valence-electron chi connectivity index (χ1n) is 15.7. The van der Waals surface area contributed by atoms with Crippen molar-refractivity contribution in [3.63, 3.8) is 0 Å². The summed E-state index contributed by atoms with van der Waals surface area (Å²) >= 11 is 7.86. The topological polar surface area (TPSA) is 89.7 Å². The minimum absolute atomic E-state index is 0.0175. The summed E-state index contributed by atoms with van der Waals surface area (Å²) in [5, 5.41) is 18.0. The fraction of sp³-hybridized carbons (Fsp3) is 0.400. The molecule has 3 aliphatic rings. The first-order valence-corrected chi connectivity index (χ1v) is 16.9. The molecule has 2 aliphatic heterocycles. The predicted molar refractivity (Wildman–Crippen MR) is 177 cm³/mol. The van der Waals surface area contributed by atoms with Crippen LogP contribution in [0.15, 0.2) is 48.5 Å². The highest BCUT2D eigenvalue weighted by atomic mass is 35.5. The molecule has 3 aromatic carbocycles. The minimum atomic E-state index is -1.06. The third-order valence-electron chi connectivity index (χ3n) is 9.58. The Hall–Kier alpha value is -3.34. The number of aryl methyl sites for hydroxylation is 2. The zero-order valence-electron chi connectivity index (χ0n) is 25.3. The maximum atomic E-state index is 12.6. The summed E-state index contributed by atoms with van der Waals surface area (Å²) in [6.07, 6.45) is 2.88. The number of carbonyl (C=O) groups is 1. The second kappa shape index (κ2) is 11.5. The third-order valence-corrected chi connectivity index (χ3v) is 11.0. The molecule has 8 rings (SSSR count). The maximum absolute atomic E-state index is 12.6. The number of likely N-dealkylation sites (tertiary alicyclic amines) is 1. The average molecular weight is 643 g/mol. The van der Waals surface area contributed by atoms with E-state index in [-0.39, 0.29) is 6.10 Å². The van der Waals surface area contributed by atoms with Crippen molar-refractivity contribution in [2.45, 2.75) is 56.8 Å². The van der Waals surface area contributed by atoms with E-state index in [0.29, 0.717) is 22.5 Å². The van der Waals surface area contributed by atoms with E-state index in [2.05, 4.69) is 23.1 Å². The molecule has 4 heterocycles. The standard InChI is InChI=1S/C35H35ClN4O4S/c1-19-15-27-33(30(20-3-6-23(36)7-4-20)29(19)32(35(41)42)44-25-8-9-25)45-34(37-27)22-5-10-28-26(16-22)31(38-39(28)2)21-11-13-40(14-12-21)24-17-43-18-24/h3-7,10,15-16,21,24-25,32H,8-9,11-14,17-18H2,1-2H3,(H,41,42)/t32-/m0/s1. The highest BCUT2D eigenvalue weighted by Gasteiger charge is 2.35. The van der Waals surface area contributed by atoms with Crippen LogP contribution in [0.2, 0.25) is 5.02 Å². The molecule has 1 saturated carbocycles. The van der Waals surface area contributed by atoms with Gasteiger partial charge in [-0.1, -0.05) is 23.7 Å². The number of thiazole rings is 1. The molecule has 0 radical (unpaired) electrons. The summed E-state index contributed by atoms with van der Waals surface area (Å²) in [6, 6.07) is 16.7. The number of rotatable bonds is 8. The second-order valence-electron chi connectivity index (χ2n) is 12.7. The van der Waals surface area contributed by atoms with Gasteiger partial charge in [-0.05, 0) is 93.2 Å². The number of carboxylic acid groups (broad SMARTS) is 1. The lowest BCUT2D eigenvalue weighted by atomic mass is 9.90. The van der Waals surface area contributed by atoms with E-state index < -0.39 is 12.1 Å². The van der Waals surface area contributed by atoms with Gasteiger partial charge in [-0.3, -0.25) is 9.58 Å². The Balaban J connectivity index is 1.22. The number of carboxylic acids is 1. The van der Waals surface area contributed by atoms with Gasteiger partial charge in [0.2, 0.25) is 0 Å². The van der Waals surface area contributed by atoms with E-state index in [1.165, 1.54) is 11.1 Å². The number of halogens is 1. The number of ether oxygens (including phenoxy) is 2. The number of aliphatic carboxylic acids is 1. The van der Waals surface area contributed by atoms with Crippen molar-refractivity contribution in [1.29, 1.82) is 0 Å². The predicted octanol–water partition coefficient (Wildman–Crippen LogP) is 7.36. The first kappa shape index (κ1) is 29.1. The second-order valence-corrected chi connectivity index (χ2v) is 14.1. The summed E-state index contributed by atoms with van der Waals surface area (Å²) in [7, 11) is 2.02. The zero-order chi connectivity index (χ0) is 30.8. The van der Waals surface area contributed by atoms with Gasteiger partial charge in [0.05, 0.1) is 46.8 Å². The van der Waals surface area contributed by atoms with Crippen LogP contribution in [0.3, 0.4) is 0 Å². The highest BCUT2D eigenvalue weighted by Crippen LogP contribution is 2.45. The van der Waals surface area contributed by atoms with Crippen LogP contribution in [-0.2, 0) is 21.3 Å². The summed E-state index contributed by atoms with van der Waals surface area (Å²) in [4.78, 5) is 20.3. The molecule has 2 aromatic heterocycles. The lowest BCUT2D eigenvalue weighted by molar-refractivity contribution is -0.151. The number of hydrogen-bond donors (Lipinski definition) is 1. The van der Waals surface area contributed by atoms with Crippen molar-refractivity contribution in [3.8, 4) is 21.7 Å². The highest BCUT2D eigenvalue weighted by molar-refractivity contribution is 7.22. The van der Waals surface area contributed by atoms with Crippen LogP contribution in [0.5, 0.6) is 0 Å². The van der Waals surface area contributed by atoms with E-state index in [4.69, 9.17) is 31.2 Å². The largest absolute Gasteiger partial charge is 0.479 e. The van der Waals surface area contributed by atoms with Gasteiger partial charge in [0, 0.05) is 40.1 Å². The molecule has 1 N–H and O–H groups in total. The fourth-order valence-corrected chi connectivity index (χ4v) is 8.17. The van der Waals surface area contributed by atoms with Crippen molar-refractivity contribution in [3.05, 3.63) is 70.4 Å². The van der Waals surface area contributed by atoms with Gasteiger partial charge in [0.25, 0.3) is 0 Å². The number of aromatic nitrogens is 3. The molecule has 0 spiro atoms. The molecule has 1 atom stereocenters. The van der Waals surface area contributed by atoms with Crippen LogP contribution in [-0.4, -0.2) is 69.2 Å². The van der Waals surface area contributed by atoms with Gasteiger partial charge in [0.1, 0.15) is 5.01 Å². The van der Waals surface area contributed by atoms with Gasteiger partial charge in [-0.25, -0.2) is 9.78 Å². The normalized spacial score (nSPS) is 18.9. The molecule has 8 nitrogen and oxygen atoms in total. The van der Waals surface area contributed by atoms with Gasteiger partial charge in [-0.15, -0.1) is 11.3 Å². The molecule has 0 unspecified atom stereocenters. The molecule has 45 heavy (non-hydrogen) atoms. The Kier molecular flexibility index (Phi) is 7.42. The molecule has 5 aromatic rings. The number of hydrogen-bond acceptors (Lipinski definition) is 7. The third kappa shape index (κ3) is 5.34. The van der Waals surface area contributed by atoms with E-state index in [1.54, 1.807) is 11.3 Å². The van der Waals surface area contributed by atoms with Crippen LogP contribution in [0.25, 0.3) is 42.8 Å². The number of fused-ring (bicyclic) bond motifs is 2. The Bertz CT molecular complexity index is 1920. The summed E-state index contributed by atoms with van der Waals surface area (Å²) in [5.41, 5.74) is 7.45. The van der Waals surface area contributed by atoms with Crippen molar-refractivity contribution in [1.82, 2.24) is 19.7 Å². The van der Waals surface area contributed by atoms with Crippen LogP contribution >= 0.6 is 22.9 Å². The van der Waals surface area contributed by atoms with E-state index >= 15 is 0 Å². The lowest BCUT2D eigenvalue weighted by Crippen LogP contribution is -2.51. The fourth-order valence-electron chi connectivity index (χ4n) is 6.92. The SMILES string of the molecule is Cc1cc2nc(-c3ccc4c(c3)c(C3CCN(C5COC5)CC3)nn4C)sc2c(-c2ccc(Cl)cc2)c1[C@H](OC1CC1)C(=O)O. The Morgan fingerprint density at radius 3 is 2.47 bits per heavy atom. The van der Waals surface area contributed by atoms with Crippen molar-refractivity contribution in [2.24, 2.45) is 7.05 Å². The Morgan fingerprint density at radius 2 is 1.80 bits per heavy atom. The Morgan fingerprint density at radius 1 is 1.07 bits per heavy atom. The van der Waals surface area contributed by atoms with E-state index in [9.17, 15) is 9.90 Å². The quantitative estimate of drug-likeness (QED) is 0.189. The number of benzene rings is 3. The lowest BCUT2D eigenvalue weighted by Gasteiger charge is -2.41. The summed E-state index contributed by atoms with van der Waals surface area (Å²) in [5.74, 6) is -0.566. The average Bonchev–Trinajstić information content (AvgIpc) is 3.64. The van der Waals surface area contributed by atoms with Crippen LogP contribution in [0.1, 0.15) is 54.5 Å². The van der Waals surface area contributed by atoms with Gasteiger partial charge < -0.3 is 14.6 Å². The molecule has 2 saturated heterocycles. The summed E-state index contributed by atoms with van der Waals surface area (Å²) in [6.45, 7) is 5.81. The van der Waals surface area contributed by atoms with E-state index in [0.717, 1.165) is 95.0 Å². The van der Waals surface area contributed by atoms with Gasteiger partial charge >= 0.3 is 5.97 Å². The van der Waals surface area contributed by atoms with Gasteiger partial charge in [-0.2, -0.15) is 5.10 Å². The first-order chi connectivity index (χ1) is 21.8. The molecule has 0 bridgehead atoms. The van der Waals surface area contributed by atoms with E-state index in [1.807, 2.05) is 49.0 Å². The minimum Gasteiger partial charge on any atom is -0.479 e. The molecule has 232 valence electrons. The zero-order valence-corrected chi connectivity index (χ0v) is 26.9. The monoisotopic (exact) mass is 642 g/mol. The Labute approximate surface area is 270 Å². The van der Waals surface area contributed by atoms with Crippen molar-refractivity contribution >= 4 is 50.0 Å². The maximum Gasteiger partial charge on any atom is 0.337 e. The number of nitrogens with zero attached hydrogens (tertiary/aromatic N) is 4. The molecular formula is C35H35ClN4O4S. The van der Waals surface area contributed by atoms with Crippen molar-refractivity contribution < 1.29 is 19.4 Å². The molecule has 0 amide bonds. The molecular weight excluding hydrogens is 608 g/mol. The van der Waals surface area contributed by atoms with Gasteiger partial charge in [0.15, 0.2) is 6.10 Å². The molecule has 10 heteroatoms. The molecule has 1 aliphatic carbocycles. The van der Waals surface area contributed by atoms with Crippen molar-refractivity contribution in [2.75, 3.05) is 26.3 Å². The van der Waals surface area contributed by atoms with Crippen LogP contribution < -0.4 is 0 Å². The number of piperidine rings is 1. The summed E-state index contributed by atoms with van der Waals surface area (Å²) < 4.78 is 14.5. The van der Waals surface area contributed by atoms with Crippen LogP contribution in [0.4, 0.5) is 0 Å². The molecule has 3 fully saturated rings. The van der Waals surface area contributed by atoms with Crippen LogP contribution in [0, 0.1) is 6.92 Å².